The summed E-state index contributed by atoms with van der Waals surface area (Å²) in [4.78, 5) is 10.4. The Balaban J connectivity index is 0.00000304. The van der Waals surface area contributed by atoms with Crippen molar-refractivity contribution in [2.75, 3.05) is 5.88 Å². The van der Waals surface area contributed by atoms with E-state index in [1.54, 1.807) is 41.7 Å². The number of halogens is 1. The molecule has 182 valence electrons. The quantitative estimate of drug-likeness (QED) is 0.180. The van der Waals surface area contributed by atoms with Crippen LogP contribution >= 0.6 is 28.3 Å². The lowest BCUT2D eigenvalue weighted by molar-refractivity contribution is 0.596. The minimum absolute atomic E-state index is 0. The Morgan fingerprint density at radius 2 is 1.42 bits per heavy atom. The highest BCUT2D eigenvalue weighted by Crippen LogP contribution is 2.21. The van der Waals surface area contributed by atoms with E-state index in [1.807, 2.05) is 73.7 Å². The lowest BCUT2D eigenvalue weighted by Crippen LogP contribution is -2.16. The van der Waals surface area contributed by atoms with Crippen molar-refractivity contribution in [3.8, 4) is 5.69 Å². The first-order valence-electron chi connectivity index (χ1n) is 11.1. The van der Waals surface area contributed by atoms with Gasteiger partial charge in [-0.2, -0.15) is 0 Å². The molecule has 5 nitrogen and oxygen atoms in total. The minimum atomic E-state index is -3.60. The second kappa shape index (κ2) is 11.2. The molecule has 0 aliphatic rings. The maximum absolute atomic E-state index is 13.0. The van der Waals surface area contributed by atoms with E-state index < -0.39 is 9.84 Å². The molecule has 0 saturated carbocycles. The first-order chi connectivity index (χ1) is 17.0. The molecule has 0 N–H and O–H groups in total. The summed E-state index contributed by atoms with van der Waals surface area (Å²) in [5, 5.41) is 0. The van der Waals surface area contributed by atoms with Crippen LogP contribution in [0.4, 0.5) is 0 Å². The molecule has 0 unspecified atom stereocenters. The average Bonchev–Trinajstić information content (AvgIpc) is 3.26. The van der Waals surface area contributed by atoms with Crippen molar-refractivity contribution in [2.45, 2.75) is 11.8 Å². The number of thiazole rings is 1. The number of aliphatic imine (C=N–C) groups is 1. The van der Waals surface area contributed by atoms with Gasteiger partial charge in [0.2, 0.25) is 0 Å². The van der Waals surface area contributed by atoms with Crippen molar-refractivity contribution in [1.29, 1.82) is 0 Å². The molecule has 0 bridgehead atoms. The molecule has 1 heterocycles. The maximum Gasteiger partial charge on any atom is 0.198 e. The number of para-hydroxylation sites is 2. The molecule has 5 aromatic rings. The van der Waals surface area contributed by atoms with Crippen molar-refractivity contribution < 1.29 is 8.42 Å². The van der Waals surface area contributed by atoms with Gasteiger partial charge in [-0.15, -0.1) is 17.0 Å². The Hall–Kier alpha value is -3.33. The molecule has 0 atom stereocenters. The standard InChI is InChI=1S/C28H23N3O2S2.BrH/c1-21-16-18-22(19-17-21)27(29-20-35(32,33)24-12-6-3-7-13-24)30-28-31(23-10-4-2-5-11-23)25-14-8-9-15-26(25)34-28;/h2-19H,20H2,1H3;1H. The fourth-order valence-electron chi connectivity index (χ4n) is 3.71. The van der Waals surface area contributed by atoms with Gasteiger partial charge >= 0.3 is 0 Å². The predicted octanol–water partition coefficient (Wildman–Crippen LogP) is 6.36. The first kappa shape index (κ1) is 25.8. The summed E-state index contributed by atoms with van der Waals surface area (Å²) in [5.74, 6) is -0.0132. The lowest BCUT2D eigenvalue weighted by atomic mass is 10.1. The summed E-state index contributed by atoms with van der Waals surface area (Å²) >= 11 is 1.54. The van der Waals surface area contributed by atoms with Gasteiger partial charge in [-0.3, -0.25) is 4.57 Å². The largest absolute Gasteiger partial charge is 0.285 e. The van der Waals surface area contributed by atoms with Gasteiger partial charge < -0.3 is 0 Å². The molecule has 36 heavy (non-hydrogen) atoms. The molecule has 4 aromatic carbocycles. The van der Waals surface area contributed by atoms with Gasteiger partial charge in [-0.25, -0.2) is 18.4 Å². The van der Waals surface area contributed by atoms with Gasteiger partial charge in [0, 0.05) is 11.3 Å². The van der Waals surface area contributed by atoms with Crippen LogP contribution < -0.4 is 4.80 Å². The molecular weight excluding hydrogens is 554 g/mol. The van der Waals surface area contributed by atoms with Gasteiger partial charge in [0.05, 0.1) is 15.1 Å². The van der Waals surface area contributed by atoms with Crippen molar-refractivity contribution in [3.05, 3.63) is 125 Å². The smallest absolute Gasteiger partial charge is 0.198 e. The van der Waals surface area contributed by atoms with Gasteiger partial charge in [-0.05, 0) is 43.3 Å². The van der Waals surface area contributed by atoms with Crippen LogP contribution in [0.1, 0.15) is 11.1 Å². The molecule has 1 aromatic heterocycles. The van der Waals surface area contributed by atoms with Gasteiger partial charge in [0.15, 0.2) is 20.5 Å². The number of amidine groups is 1. The predicted molar refractivity (Wildman–Crippen MR) is 153 cm³/mol. The molecule has 0 aliphatic heterocycles. The monoisotopic (exact) mass is 577 g/mol. The summed E-state index contributed by atoms with van der Waals surface area (Å²) < 4.78 is 29.1. The highest BCUT2D eigenvalue weighted by Gasteiger charge is 2.15. The third-order valence-corrected chi connectivity index (χ3v) is 7.99. The van der Waals surface area contributed by atoms with E-state index in [9.17, 15) is 8.42 Å². The van der Waals surface area contributed by atoms with Crippen LogP contribution in [0.5, 0.6) is 0 Å². The second-order valence-corrected chi connectivity index (χ2v) is 11.0. The summed E-state index contributed by atoms with van der Waals surface area (Å²) in [7, 11) is -3.60. The second-order valence-electron chi connectivity index (χ2n) is 8.04. The number of sulfone groups is 1. The van der Waals surface area contributed by atoms with E-state index in [4.69, 9.17) is 4.99 Å². The average molecular weight is 579 g/mol. The lowest BCUT2D eigenvalue weighted by Gasteiger charge is -2.07. The third-order valence-electron chi connectivity index (χ3n) is 5.51. The Kier molecular flexibility index (Phi) is 7.98. The third kappa shape index (κ3) is 5.56. The van der Waals surface area contributed by atoms with Crippen LogP contribution in [0.3, 0.4) is 0 Å². The van der Waals surface area contributed by atoms with E-state index in [2.05, 4.69) is 21.7 Å². The van der Waals surface area contributed by atoms with Crippen LogP contribution in [-0.4, -0.2) is 24.7 Å². The minimum Gasteiger partial charge on any atom is -0.285 e. The number of nitrogens with zero attached hydrogens (tertiary/aromatic N) is 3. The Labute approximate surface area is 224 Å². The highest BCUT2D eigenvalue weighted by atomic mass is 79.9. The van der Waals surface area contributed by atoms with E-state index in [0.717, 1.165) is 27.0 Å². The van der Waals surface area contributed by atoms with Crippen LogP contribution in [0.15, 0.2) is 124 Å². The van der Waals surface area contributed by atoms with E-state index >= 15 is 0 Å². The first-order valence-corrected chi connectivity index (χ1v) is 13.6. The summed E-state index contributed by atoms with van der Waals surface area (Å²) in [6.45, 7) is 2.01. The molecule has 0 amide bonds. The number of hydrogen-bond acceptors (Lipinski definition) is 4. The molecule has 0 fully saturated rings. The highest BCUT2D eigenvalue weighted by molar-refractivity contribution is 8.93. The van der Waals surface area contributed by atoms with Crippen molar-refractivity contribution in [3.63, 3.8) is 0 Å². The van der Waals surface area contributed by atoms with Crippen LogP contribution in [-0.2, 0) is 9.84 Å². The zero-order valence-electron chi connectivity index (χ0n) is 19.5. The number of aryl methyl sites for hydroxylation is 1. The van der Waals surface area contributed by atoms with E-state index in [-0.39, 0.29) is 27.8 Å². The van der Waals surface area contributed by atoms with Crippen LogP contribution in [0.2, 0.25) is 0 Å². The molecule has 5 rings (SSSR count). The van der Waals surface area contributed by atoms with E-state index in [0.29, 0.717) is 10.6 Å². The number of aromatic nitrogens is 1. The van der Waals surface area contributed by atoms with Crippen LogP contribution in [0, 0.1) is 6.92 Å². The molecule has 0 aliphatic carbocycles. The summed E-state index contributed by atoms with van der Waals surface area (Å²) in [6, 6.07) is 34.3. The van der Waals surface area contributed by atoms with Gasteiger partial charge in [0.1, 0.15) is 5.88 Å². The zero-order valence-corrected chi connectivity index (χ0v) is 22.8. The van der Waals surface area contributed by atoms with E-state index in [1.165, 1.54) is 0 Å². The number of fused-ring (bicyclic) bond motifs is 1. The van der Waals surface area contributed by atoms with Crippen molar-refractivity contribution in [2.24, 2.45) is 9.98 Å². The number of rotatable bonds is 5. The fraction of sp³-hybridized carbons (Fsp3) is 0.0714. The van der Waals surface area contributed by atoms with Crippen molar-refractivity contribution in [1.82, 2.24) is 4.57 Å². The summed E-state index contributed by atoms with van der Waals surface area (Å²) in [6.07, 6.45) is 0. The van der Waals surface area contributed by atoms with Gasteiger partial charge in [0.25, 0.3) is 0 Å². The fourth-order valence-corrected chi connectivity index (χ4v) is 5.76. The molecular formula is C28H24BrN3O2S2. The SMILES string of the molecule is Br.Cc1ccc(C(=NCS(=O)(=O)c2ccccc2)N=c2sc3ccccc3n2-c2ccccc2)cc1. The topological polar surface area (TPSA) is 63.8 Å². The van der Waals surface area contributed by atoms with Crippen molar-refractivity contribution >= 4 is 54.2 Å². The zero-order chi connectivity index (χ0) is 24.3. The van der Waals surface area contributed by atoms with Crippen LogP contribution in [0.25, 0.3) is 15.9 Å². The molecule has 0 saturated heterocycles. The molecule has 8 heteroatoms. The molecule has 0 spiro atoms. The van der Waals surface area contributed by atoms with Gasteiger partial charge in [-0.1, -0.05) is 89.7 Å². The maximum atomic E-state index is 13.0. The summed E-state index contributed by atoms with van der Waals surface area (Å²) in [5.41, 5.74) is 3.87. The normalized spacial score (nSPS) is 12.5. The number of hydrogen-bond donors (Lipinski definition) is 0. The number of benzene rings is 4. The molecule has 0 radical (unpaired) electrons. The Bertz CT molecular complexity index is 1670. The Morgan fingerprint density at radius 3 is 2.11 bits per heavy atom. The Morgan fingerprint density at radius 1 is 0.806 bits per heavy atom.